The smallest absolute Gasteiger partial charge is 0.274 e. The molecule has 1 aliphatic rings. The lowest BCUT2D eigenvalue weighted by Gasteiger charge is -2.27. The topological polar surface area (TPSA) is 54.5 Å². The number of hydrogen-bond donors (Lipinski definition) is 0. The Kier molecular flexibility index (Phi) is 4.81. The third kappa shape index (κ3) is 3.66. The van der Waals surface area contributed by atoms with Crippen molar-refractivity contribution in [3.05, 3.63) is 77.5 Å². The van der Waals surface area contributed by atoms with Gasteiger partial charge < -0.3 is 9.32 Å². The number of benzene rings is 1. The normalized spacial score (nSPS) is 15.3. The van der Waals surface area contributed by atoms with E-state index in [0.29, 0.717) is 5.69 Å². The molecule has 3 aromatic rings. The van der Waals surface area contributed by atoms with E-state index in [1.807, 2.05) is 35.9 Å². The molecule has 1 atom stereocenters. The van der Waals surface area contributed by atoms with Gasteiger partial charge in [0.15, 0.2) is 5.69 Å². The molecule has 140 valence electrons. The van der Waals surface area contributed by atoms with Crippen molar-refractivity contribution < 1.29 is 9.21 Å². The zero-order valence-electron chi connectivity index (χ0n) is 15.7. The summed E-state index contributed by atoms with van der Waals surface area (Å²) in [4.78, 5) is 16.9. The van der Waals surface area contributed by atoms with E-state index in [1.165, 1.54) is 5.56 Å². The first-order valence-electron chi connectivity index (χ1n) is 9.25. The molecule has 27 heavy (non-hydrogen) atoms. The summed E-state index contributed by atoms with van der Waals surface area (Å²) >= 11 is 0. The molecule has 0 bridgehead atoms. The molecule has 0 spiro atoms. The fraction of sp³-hybridized carbons (Fsp3) is 0.333. The van der Waals surface area contributed by atoms with Crippen molar-refractivity contribution in [1.29, 1.82) is 0 Å². The summed E-state index contributed by atoms with van der Waals surface area (Å²) in [6.07, 6.45) is 1.63. The molecule has 4 rings (SSSR count). The van der Waals surface area contributed by atoms with E-state index in [2.05, 4.69) is 34.3 Å². The van der Waals surface area contributed by atoms with Gasteiger partial charge in [0.05, 0.1) is 24.5 Å². The highest BCUT2D eigenvalue weighted by Gasteiger charge is 2.26. The van der Waals surface area contributed by atoms with Crippen LogP contribution in [0.4, 0.5) is 0 Å². The highest BCUT2D eigenvalue weighted by Crippen LogP contribution is 2.22. The molecular weight excluding hydrogens is 340 g/mol. The first kappa shape index (κ1) is 17.5. The Morgan fingerprint density at radius 2 is 2.04 bits per heavy atom. The number of nitrogens with zero attached hydrogens (tertiary/aromatic N) is 4. The average molecular weight is 364 g/mol. The van der Waals surface area contributed by atoms with Gasteiger partial charge in [-0.1, -0.05) is 30.3 Å². The number of carbonyl (C=O) groups is 1. The summed E-state index contributed by atoms with van der Waals surface area (Å²) in [5.74, 6) is 0.680. The van der Waals surface area contributed by atoms with Gasteiger partial charge in [0.2, 0.25) is 0 Å². The summed E-state index contributed by atoms with van der Waals surface area (Å²) in [7, 11) is 1.79. The fourth-order valence-electron chi connectivity index (χ4n) is 3.48. The maximum atomic E-state index is 12.9. The van der Waals surface area contributed by atoms with E-state index >= 15 is 0 Å². The molecular formula is C21H24N4O2. The van der Waals surface area contributed by atoms with Gasteiger partial charge in [-0.3, -0.25) is 14.4 Å². The van der Waals surface area contributed by atoms with Gasteiger partial charge in [-0.05, 0) is 30.7 Å². The molecule has 6 nitrogen and oxygen atoms in total. The van der Waals surface area contributed by atoms with E-state index < -0.39 is 0 Å². The Labute approximate surface area is 159 Å². The number of amides is 1. The molecule has 0 N–H and O–H groups in total. The van der Waals surface area contributed by atoms with Crippen LogP contribution < -0.4 is 0 Å². The first-order valence-corrected chi connectivity index (χ1v) is 9.25. The Bertz CT molecular complexity index is 902. The second-order valence-electron chi connectivity index (χ2n) is 7.05. The minimum Gasteiger partial charge on any atom is -0.467 e. The standard InChI is InChI=1S/C21H24N4O2/c1-16(20-9-6-12-27-20)23(2)21(26)19-13-18-15-24(10-11-25(18)22-19)14-17-7-4-3-5-8-17/h3-9,12-13,16H,10-11,14-15H2,1-2H3/t16-/m1/s1. The summed E-state index contributed by atoms with van der Waals surface area (Å²) in [5.41, 5.74) is 2.88. The van der Waals surface area contributed by atoms with Gasteiger partial charge in [-0.25, -0.2) is 0 Å². The molecule has 0 unspecified atom stereocenters. The van der Waals surface area contributed by atoms with E-state index in [1.54, 1.807) is 18.2 Å². The summed E-state index contributed by atoms with van der Waals surface area (Å²) in [6, 6.07) is 16.0. The van der Waals surface area contributed by atoms with Gasteiger partial charge in [-0.2, -0.15) is 5.10 Å². The molecule has 3 heterocycles. The van der Waals surface area contributed by atoms with Crippen LogP contribution in [0.3, 0.4) is 0 Å². The van der Waals surface area contributed by atoms with Gasteiger partial charge in [0.25, 0.3) is 5.91 Å². The second-order valence-corrected chi connectivity index (χ2v) is 7.05. The van der Waals surface area contributed by atoms with Crippen molar-refractivity contribution in [2.45, 2.75) is 32.6 Å². The zero-order chi connectivity index (χ0) is 18.8. The highest BCUT2D eigenvalue weighted by molar-refractivity contribution is 5.92. The van der Waals surface area contributed by atoms with Crippen LogP contribution in [0.5, 0.6) is 0 Å². The van der Waals surface area contributed by atoms with Crippen molar-refractivity contribution >= 4 is 5.91 Å². The first-order chi connectivity index (χ1) is 13.1. The lowest BCUT2D eigenvalue weighted by atomic mass is 10.2. The van der Waals surface area contributed by atoms with Crippen molar-refractivity contribution in [3.8, 4) is 0 Å². The second kappa shape index (κ2) is 7.40. The van der Waals surface area contributed by atoms with Gasteiger partial charge in [0.1, 0.15) is 5.76 Å². The van der Waals surface area contributed by atoms with Crippen LogP contribution in [-0.2, 0) is 19.6 Å². The van der Waals surface area contributed by atoms with Crippen molar-refractivity contribution in [2.75, 3.05) is 13.6 Å². The number of fused-ring (bicyclic) bond motifs is 1. The maximum absolute atomic E-state index is 12.9. The average Bonchev–Trinajstić information content (AvgIpc) is 3.36. The number of furan rings is 1. The van der Waals surface area contributed by atoms with Gasteiger partial charge in [-0.15, -0.1) is 0 Å². The molecule has 1 aromatic carbocycles. The minimum absolute atomic E-state index is 0.0876. The summed E-state index contributed by atoms with van der Waals surface area (Å²) in [6.45, 7) is 5.38. The summed E-state index contributed by atoms with van der Waals surface area (Å²) < 4.78 is 7.39. The van der Waals surface area contributed by atoms with E-state index in [-0.39, 0.29) is 11.9 Å². The number of aromatic nitrogens is 2. The van der Waals surface area contributed by atoms with Crippen molar-refractivity contribution in [2.24, 2.45) is 0 Å². The van der Waals surface area contributed by atoms with E-state index in [9.17, 15) is 4.79 Å². The molecule has 2 aromatic heterocycles. The van der Waals surface area contributed by atoms with Crippen molar-refractivity contribution in [3.63, 3.8) is 0 Å². The quantitative estimate of drug-likeness (QED) is 0.697. The molecule has 0 fully saturated rings. The van der Waals surface area contributed by atoms with Crippen molar-refractivity contribution in [1.82, 2.24) is 19.6 Å². The minimum atomic E-state index is -0.138. The maximum Gasteiger partial charge on any atom is 0.274 e. The Morgan fingerprint density at radius 1 is 1.22 bits per heavy atom. The van der Waals surface area contributed by atoms with Crippen LogP contribution in [0.2, 0.25) is 0 Å². The lowest BCUT2D eigenvalue weighted by Crippen LogP contribution is -2.33. The Balaban J connectivity index is 1.45. The monoisotopic (exact) mass is 364 g/mol. The van der Waals surface area contributed by atoms with Crippen LogP contribution in [0.15, 0.2) is 59.2 Å². The molecule has 1 amide bonds. The SMILES string of the molecule is C[C@H](c1ccco1)N(C)C(=O)c1cc2n(n1)CCN(Cc1ccccc1)C2. The van der Waals surface area contributed by atoms with E-state index in [4.69, 9.17) is 4.42 Å². The van der Waals surface area contributed by atoms with Crippen LogP contribution in [0.25, 0.3) is 0 Å². The predicted molar refractivity (Wildman–Crippen MR) is 102 cm³/mol. The highest BCUT2D eigenvalue weighted by atomic mass is 16.3. The van der Waals surface area contributed by atoms with Crippen LogP contribution >= 0.6 is 0 Å². The zero-order valence-corrected chi connectivity index (χ0v) is 15.7. The molecule has 6 heteroatoms. The number of hydrogen-bond acceptors (Lipinski definition) is 4. The summed E-state index contributed by atoms with van der Waals surface area (Å²) in [5, 5.41) is 4.55. The lowest BCUT2D eigenvalue weighted by molar-refractivity contribution is 0.0719. The Morgan fingerprint density at radius 3 is 2.78 bits per heavy atom. The largest absolute Gasteiger partial charge is 0.467 e. The molecule has 0 radical (unpaired) electrons. The van der Waals surface area contributed by atoms with Gasteiger partial charge in [0, 0.05) is 26.7 Å². The molecule has 0 saturated carbocycles. The third-order valence-electron chi connectivity index (χ3n) is 5.20. The third-order valence-corrected chi connectivity index (χ3v) is 5.20. The number of carbonyl (C=O) groups excluding carboxylic acids is 1. The number of rotatable bonds is 5. The van der Waals surface area contributed by atoms with E-state index in [0.717, 1.165) is 37.6 Å². The molecule has 0 aliphatic carbocycles. The Hall–Kier alpha value is -2.86. The van der Waals surface area contributed by atoms with Crippen LogP contribution in [0.1, 0.15) is 40.5 Å². The van der Waals surface area contributed by atoms with Crippen LogP contribution in [0, 0.1) is 0 Å². The molecule has 1 aliphatic heterocycles. The van der Waals surface area contributed by atoms with Gasteiger partial charge >= 0.3 is 0 Å². The molecule has 0 saturated heterocycles. The fourth-order valence-corrected chi connectivity index (χ4v) is 3.48. The predicted octanol–water partition coefficient (Wildman–Crippen LogP) is 3.33. The van der Waals surface area contributed by atoms with Crippen LogP contribution in [-0.4, -0.2) is 39.1 Å².